The molecule has 6 heteroatoms. The maximum atomic E-state index is 12.5. The van der Waals surface area contributed by atoms with Crippen molar-refractivity contribution in [2.24, 2.45) is 5.92 Å². The van der Waals surface area contributed by atoms with Gasteiger partial charge in [-0.15, -0.1) is 0 Å². The molecule has 0 spiro atoms. The number of aromatic nitrogens is 2. The fourth-order valence-corrected chi connectivity index (χ4v) is 3.86. The zero-order chi connectivity index (χ0) is 16.5. The minimum Gasteiger partial charge on any atom is -0.496 e. The van der Waals surface area contributed by atoms with Crippen molar-refractivity contribution in [1.29, 1.82) is 0 Å². The van der Waals surface area contributed by atoms with E-state index in [1.165, 1.54) is 17.6 Å². The van der Waals surface area contributed by atoms with Gasteiger partial charge in [-0.05, 0) is 31.4 Å². The van der Waals surface area contributed by atoms with Gasteiger partial charge in [-0.25, -0.2) is 4.79 Å². The first-order valence-electron chi connectivity index (χ1n) is 8.44. The molecule has 2 aliphatic rings. The summed E-state index contributed by atoms with van der Waals surface area (Å²) in [6.45, 7) is 3.30. The van der Waals surface area contributed by atoms with Crippen molar-refractivity contribution in [1.82, 2.24) is 20.0 Å². The lowest BCUT2D eigenvalue weighted by molar-refractivity contribution is 0.204. The van der Waals surface area contributed by atoms with Crippen molar-refractivity contribution in [2.75, 3.05) is 26.7 Å². The van der Waals surface area contributed by atoms with Crippen LogP contribution in [0.3, 0.4) is 0 Å². The van der Waals surface area contributed by atoms with Crippen LogP contribution in [-0.2, 0) is 0 Å². The minimum atomic E-state index is -0.163. The van der Waals surface area contributed by atoms with Crippen molar-refractivity contribution in [3.63, 3.8) is 0 Å². The van der Waals surface area contributed by atoms with Crippen LogP contribution in [0.15, 0.2) is 36.7 Å². The first-order valence-corrected chi connectivity index (χ1v) is 8.44. The molecule has 0 saturated carbocycles. The number of para-hydroxylation sites is 1. The molecule has 24 heavy (non-hydrogen) atoms. The van der Waals surface area contributed by atoms with E-state index < -0.39 is 0 Å². The van der Waals surface area contributed by atoms with Crippen LogP contribution >= 0.6 is 0 Å². The topological polar surface area (TPSA) is 59.4 Å². The predicted molar refractivity (Wildman–Crippen MR) is 91.1 cm³/mol. The van der Waals surface area contributed by atoms with E-state index >= 15 is 0 Å². The Labute approximate surface area is 141 Å². The molecule has 0 radical (unpaired) electrons. The van der Waals surface area contributed by atoms with Gasteiger partial charge in [-0.1, -0.05) is 18.2 Å². The molecular formula is C18H22N4O2. The molecular weight excluding hydrogens is 304 g/mol. The summed E-state index contributed by atoms with van der Waals surface area (Å²) in [6, 6.07) is 7.79. The number of hydrogen-bond acceptors (Lipinski definition) is 4. The Kier molecular flexibility index (Phi) is 3.98. The second-order valence-corrected chi connectivity index (χ2v) is 6.67. The number of ether oxygens (including phenoxy) is 1. The third-order valence-electron chi connectivity index (χ3n) is 5.00. The Hall–Kier alpha value is -2.34. The van der Waals surface area contributed by atoms with Gasteiger partial charge in [0, 0.05) is 36.5 Å². The van der Waals surface area contributed by atoms with Crippen LogP contribution < -0.4 is 10.1 Å². The van der Waals surface area contributed by atoms with E-state index in [9.17, 15) is 4.79 Å². The molecule has 1 aromatic carbocycles. The number of benzene rings is 1. The number of amides is 1. The Morgan fingerprint density at radius 2 is 2.21 bits per heavy atom. The van der Waals surface area contributed by atoms with Crippen molar-refractivity contribution in [3.05, 3.63) is 36.7 Å². The molecule has 2 bridgehead atoms. The van der Waals surface area contributed by atoms with Gasteiger partial charge in [0.05, 0.1) is 13.3 Å². The normalized spacial score (nSPS) is 25.5. The van der Waals surface area contributed by atoms with E-state index in [-0.39, 0.29) is 12.1 Å². The highest BCUT2D eigenvalue weighted by molar-refractivity contribution is 5.78. The summed E-state index contributed by atoms with van der Waals surface area (Å²) >= 11 is 0. The zero-order valence-corrected chi connectivity index (χ0v) is 13.8. The first-order chi connectivity index (χ1) is 11.7. The number of fused-ring (bicyclic) bond motifs is 2. The summed E-state index contributed by atoms with van der Waals surface area (Å²) in [4.78, 5) is 14.9. The molecule has 3 unspecified atom stereocenters. The highest BCUT2D eigenvalue weighted by Gasteiger charge is 2.33. The van der Waals surface area contributed by atoms with Crippen LogP contribution in [0.1, 0.15) is 12.8 Å². The molecule has 3 heterocycles. The van der Waals surface area contributed by atoms with Gasteiger partial charge in [0.25, 0.3) is 0 Å². The van der Waals surface area contributed by atoms with Crippen LogP contribution in [0.2, 0.25) is 0 Å². The van der Waals surface area contributed by atoms with Crippen molar-refractivity contribution in [3.8, 4) is 16.9 Å². The van der Waals surface area contributed by atoms with Gasteiger partial charge in [-0.3, -0.25) is 0 Å². The van der Waals surface area contributed by atoms with Crippen molar-refractivity contribution < 1.29 is 9.53 Å². The minimum absolute atomic E-state index is 0.163. The second kappa shape index (κ2) is 6.28. The number of rotatable bonds is 3. The number of hydrogen-bond donors (Lipinski definition) is 1. The Morgan fingerprint density at radius 3 is 3.04 bits per heavy atom. The number of nitrogens with zero attached hydrogens (tertiary/aromatic N) is 3. The van der Waals surface area contributed by atoms with Gasteiger partial charge >= 0.3 is 6.03 Å². The molecule has 1 N–H and O–H groups in total. The second-order valence-electron chi connectivity index (χ2n) is 6.67. The molecule has 2 saturated heterocycles. The fourth-order valence-electron chi connectivity index (χ4n) is 3.86. The highest BCUT2D eigenvalue weighted by Crippen LogP contribution is 2.29. The monoisotopic (exact) mass is 326 g/mol. The Bertz CT molecular complexity index is 730. The standard InChI is InChI=1S/C18H22N4O2/c1-24-17-5-3-2-4-16(17)14-9-19-22(11-14)18(23)20-15-8-13-6-7-21(10-13)12-15/h2-5,9,11,13,15H,6-8,10,12H2,1H3,(H,20,23). The van der Waals surface area contributed by atoms with Gasteiger partial charge in [0.1, 0.15) is 5.75 Å². The van der Waals surface area contributed by atoms with E-state index in [1.54, 1.807) is 19.5 Å². The largest absolute Gasteiger partial charge is 0.496 e. The maximum Gasteiger partial charge on any atom is 0.342 e. The summed E-state index contributed by atoms with van der Waals surface area (Å²) in [5.74, 6) is 1.50. The van der Waals surface area contributed by atoms with Crippen molar-refractivity contribution >= 4 is 6.03 Å². The summed E-state index contributed by atoms with van der Waals surface area (Å²) in [5.41, 5.74) is 1.80. The average Bonchev–Trinajstić information content (AvgIpc) is 3.22. The molecule has 2 aliphatic heterocycles. The fraction of sp³-hybridized carbons (Fsp3) is 0.444. The average molecular weight is 326 g/mol. The van der Waals surface area contributed by atoms with E-state index in [0.717, 1.165) is 42.3 Å². The van der Waals surface area contributed by atoms with Gasteiger partial charge < -0.3 is 15.0 Å². The van der Waals surface area contributed by atoms with E-state index in [1.807, 2.05) is 24.3 Å². The lowest BCUT2D eigenvalue weighted by Crippen LogP contribution is -2.48. The number of methoxy groups -OCH3 is 1. The summed E-state index contributed by atoms with van der Waals surface area (Å²) in [6.07, 6.45) is 5.78. The van der Waals surface area contributed by atoms with Gasteiger partial charge in [0.15, 0.2) is 0 Å². The first kappa shape index (κ1) is 15.2. The summed E-state index contributed by atoms with van der Waals surface area (Å²) in [5, 5.41) is 7.34. The Balaban J connectivity index is 1.47. The molecule has 1 aromatic heterocycles. The zero-order valence-electron chi connectivity index (χ0n) is 13.8. The van der Waals surface area contributed by atoms with Crippen LogP contribution in [0.25, 0.3) is 11.1 Å². The third kappa shape index (κ3) is 2.89. The lowest BCUT2D eigenvalue weighted by Gasteiger charge is -2.30. The lowest BCUT2D eigenvalue weighted by atomic mass is 9.97. The smallest absolute Gasteiger partial charge is 0.342 e. The van der Waals surface area contributed by atoms with Crippen LogP contribution in [0.4, 0.5) is 4.79 Å². The van der Waals surface area contributed by atoms with Gasteiger partial charge in [0.2, 0.25) is 0 Å². The maximum absolute atomic E-state index is 12.5. The summed E-state index contributed by atoms with van der Waals surface area (Å²) in [7, 11) is 1.64. The molecule has 3 atom stereocenters. The number of carbonyl (C=O) groups is 1. The van der Waals surface area contributed by atoms with Crippen LogP contribution in [0.5, 0.6) is 5.75 Å². The molecule has 4 rings (SSSR count). The van der Waals surface area contributed by atoms with Crippen molar-refractivity contribution in [2.45, 2.75) is 18.9 Å². The number of piperidine rings is 1. The number of carbonyl (C=O) groups excluding carboxylic acids is 1. The quantitative estimate of drug-likeness (QED) is 0.939. The molecule has 1 amide bonds. The molecule has 6 nitrogen and oxygen atoms in total. The third-order valence-corrected chi connectivity index (χ3v) is 5.00. The highest BCUT2D eigenvalue weighted by atomic mass is 16.5. The molecule has 0 aliphatic carbocycles. The SMILES string of the molecule is COc1ccccc1-c1cnn(C(=O)NC2CC3CCN(C3)C2)c1. The van der Waals surface area contributed by atoms with E-state index in [2.05, 4.69) is 15.3 Å². The van der Waals surface area contributed by atoms with E-state index in [4.69, 9.17) is 4.74 Å². The van der Waals surface area contributed by atoms with Crippen LogP contribution in [-0.4, -0.2) is 53.5 Å². The predicted octanol–water partition coefficient (Wildman–Crippen LogP) is 2.21. The Morgan fingerprint density at radius 1 is 1.33 bits per heavy atom. The molecule has 126 valence electrons. The molecule has 2 aromatic rings. The molecule has 2 fully saturated rings. The van der Waals surface area contributed by atoms with Crippen LogP contribution in [0, 0.1) is 5.92 Å². The van der Waals surface area contributed by atoms with Gasteiger partial charge in [-0.2, -0.15) is 9.78 Å². The summed E-state index contributed by atoms with van der Waals surface area (Å²) < 4.78 is 6.76. The number of nitrogens with one attached hydrogen (secondary N) is 1. The van der Waals surface area contributed by atoms with E-state index in [0.29, 0.717) is 0 Å².